The second kappa shape index (κ2) is 3.91. The van der Waals surface area contributed by atoms with Crippen LogP contribution in [0.5, 0.6) is 0 Å². The van der Waals surface area contributed by atoms with E-state index >= 15 is 0 Å². The first kappa shape index (κ1) is 6.73. The first-order chi connectivity index (χ1) is 3.00. The van der Waals surface area contributed by atoms with Crippen molar-refractivity contribution in [1.82, 2.24) is 4.98 Å². The van der Waals surface area contributed by atoms with Crippen LogP contribution in [-0.4, -0.2) is 4.98 Å². The van der Waals surface area contributed by atoms with Crippen molar-refractivity contribution < 1.29 is 18.6 Å². The maximum Gasteiger partial charge on any atom is 0.0267 e. The molecule has 0 spiro atoms. The fourth-order valence-electron chi connectivity index (χ4n) is 0.313. The molecule has 35 valence electrons. The SMILES string of the molecule is [V].c1ccncc1. The third kappa shape index (κ3) is 2.43. The molecule has 0 aliphatic carbocycles. The summed E-state index contributed by atoms with van der Waals surface area (Å²) in [5.74, 6) is 0. The molecule has 0 aliphatic heterocycles. The molecule has 0 amide bonds. The molecule has 1 heterocycles. The zero-order chi connectivity index (χ0) is 4.24. The quantitative estimate of drug-likeness (QED) is 0.512. The Labute approximate surface area is 54.7 Å². The molecule has 0 atom stereocenters. The van der Waals surface area contributed by atoms with Gasteiger partial charge in [0.25, 0.3) is 0 Å². The molecule has 2 heteroatoms. The predicted octanol–water partition coefficient (Wildman–Crippen LogP) is 1.08. The topological polar surface area (TPSA) is 12.9 Å². The average molecular weight is 130 g/mol. The molecule has 0 aromatic carbocycles. The fourth-order valence-corrected chi connectivity index (χ4v) is 0.313. The van der Waals surface area contributed by atoms with Gasteiger partial charge in [0.2, 0.25) is 0 Å². The van der Waals surface area contributed by atoms with E-state index in [2.05, 4.69) is 4.98 Å². The van der Waals surface area contributed by atoms with Gasteiger partial charge < -0.3 is 0 Å². The van der Waals surface area contributed by atoms with Gasteiger partial charge in [-0.15, -0.1) is 0 Å². The van der Waals surface area contributed by atoms with E-state index in [4.69, 9.17) is 0 Å². The Morgan fingerprint density at radius 2 is 1.43 bits per heavy atom. The zero-order valence-electron chi connectivity index (χ0n) is 3.78. The van der Waals surface area contributed by atoms with E-state index in [0.29, 0.717) is 0 Å². The van der Waals surface area contributed by atoms with Crippen LogP contribution in [0.2, 0.25) is 0 Å². The Hall–Kier alpha value is -0.266. The summed E-state index contributed by atoms with van der Waals surface area (Å²) in [5.41, 5.74) is 0. The van der Waals surface area contributed by atoms with Crippen LogP contribution in [0.15, 0.2) is 30.6 Å². The smallest absolute Gasteiger partial charge is 0.0267 e. The second-order valence-corrected chi connectivity index (χ2v) is 1.02. The molecule has 1 nitrogen and oxygen atoms in total. The van der Waals surface area contributed by atoms with Gasteiger partial charge in [-0.3, -0.25) is 4.98 Å². The third-order valence-electron chi connectivity index (χ3n) is 0.566. The van der Waals surface area contributed by atoms with Crippen molar-refractivity contribution >= 4 is 0 Å². The summed E-state index contributed by atoms with van der Waals surface area (Å²) in [5, 5.41) is 0. The first-order valence-electron chi connectivity index (χ1n) is 1.85. The van der Waals surface area contributed by atoms with E-state index in [1.807, 2.05) is 18.2 Å². The van der Waals surface area contributed by atoms with Crippen molar-refractivity contribution in [2.75, 3.05) is 0 Å². The van der Waals surface area contributed by atoms with E-state index in [9.17, 15) is 0 Å². The Kier molecular flexibility index (Phi) is 3.76. The van der Waals surface area contributed by atoms with E-state index < -0.39 is 0 Å². The molecule has 0 N–H and O–H groups in total. The van der Waals surface area contributed by atoms with E-state index in [-0.39, 0.29) is 18.6 Å². The van der Waals surface area contributed by atoms with Gasteiger partial charge in [-0.25, -0.2) is 0 Å². The molecule has 1 rings (SSSR count). The van der Waals surface area contributed by atoms with Crippen LogP contribution in [0, 0.1) is 0 Å². The molecule has 1 aromatic rings. The molecule has 0 saturated heterocycles. The molecule has 7 heavy (non-hydrogen) atoms. The molecule has 0 fully saturated rings. The van der Waals surface area contributed by atoms with Crippen molar-refractivity contribution in [2.45, 2.75) is 0 Å². The minimum atomic E-state index is 0. The number of hydrogen-bond donors (Lipinski definition) is 0. The number of rotatable bonds is 0. The maximum absolute atomic E-state index is 3.78. The normalized spacial score (nSPS) is 6.86. The minimum Gasteiger partial charge on any atom is -0.265 e. The summed E-state index contributed by atoms with van der Waals surface area (Å²) in [6.07, 6.45) is 3.50. The van der Waals surface area contributed by atoms with Crippen LogP contribution in [-0.2, 0) is 18.6 Å². The van der Waals surface area contributed by atoms with Gasteiger partial charge in [-0.1, -0.05) is 6.07 Å². The van der Waals surface area contributed by atoms with Crippen molar-refractivity contribution in [3.63, 3.8) is 0 Å². The van der Waals surface area contributed by atoms with Crippen LogP contribution in [0.1, 0.15) is 0 Å². The third-order valence-corrected chi connectivity index (χ3v) is 0.566. The molecule has 1 radical (unpaired) electrons. The summed E-state index contributed by atoms with van der Waals surface area (Å²) in [4.78, 5) is 3.78. The maximum atomic E-state index is 3.78. The summed E-state index contributed by atoms with van der Waals surface area (Å²) in [6.45, 7) is 0. The van der Waals surface area contributed by atoms with Gasteiger partial charge >= 0.3 is 0 Å². The van der Waals surface area contributed by atoms with Gasteiger partial charge in [-0.2, -0.15) is 0 Å². The van der Waals surface area contributed by atoms with Crippen LogP contribution >= 0.6 is 0 Å². The number of hydrogen-bond acceptors (Lipinski definition) is 1. The Balaban J connectivity index is 0.000000360. The van der Waals surface area contributed by atoms with Crippen molar-refractivity contribution in [3.8, 4) is 0 Å². The summed E-state index contributed by atoms with van der Waals surface area (Å²) in [6, 6.07) is 5.72. The predicted molar refractivity (Wildman–Crippen MR) is 24.2 cm³/mol. The van der Waals surface area contributed by atoms with Gasteiger partial charge in [0.15, 0.2) is 0 Å². The molecule has 0 bridgehead atoms. The number of aromatic nitrogens is 1. The first-order valence-corrected chi connectivity index (χ1v) is 1.85. The van der Waals surface area contributed by atoms with Crippen molar-refractivity contribution in [1.29, 1.82) is 0 Å². The second-order valence-electron chi connectivity index (χ2n) is 1.02. The largest absolute Gasteiger partial charge is 0.265 e. The molecule has 0 aliphatic rings. The van der Waals surface area contributed by atoms with Crippen LogP contribution in [0.4, 0.5) is 0 Å². The molecular weight excluding hydrogens is 125 g/mol. The Morgan fingerprint density at radius 3 is 1.57 bits per heavy atom. The fraction of sp³-hybridized carbons (Fsp3) is 0. The average Bonchev–Trinajstić information content (AvgIpc) is 1.72. The Bertz CT molecular complexity index is 80.0. The van der Waals surface area contributed by atoms with E-state index in [1.165, 1.54) is 0 Å². The summed E-state index contributed by atoms with van der Waals surface area (Å²) in [7, 11) is 0. The molecule has 0 unspecified atom stereocenters. The summed E-state index contributed by atoms with van der Waals surface area (Å²) < 4.78 is 0. The van der Waals surface area contributed by atoms with Crippen LogP contribution in [0.25, 0.3) is 0 Å². The zero-order valence-corrected chi connectivity index (χ0v) is 5.18. The standard InChI is InChI=1S/C5H5N.V/c1-2-4-6-5-3-1;/h1-5H;. The van der Waals surface area contributed by atoms with Gasteiger partial charge in [0.1, 0.15) is 0 Å². The molecular formula is C5H5NV. The monoisotopic (exact) mass is 130 g/mol. The summed E-state index contributed by atoms with van der Waals surface area (Å²) >= 11 is 0. The minimum absolute atomic E-state index is 0. The van der Waals surface area contributed by atoms with Gasteiger partial charge in [0, 0.05) is 30.9 Å². The van der Waals surface area contributed by atoms with Crippen LogP contribution in [0.3, 0.4) is 0 Å². The molecule has 0 saturated carbocycles. The Morgan fingerprint density at radius 1 is 0.857 bits per heavy atom. The van der Waals surface area contributed by atoms with Gasteiger partial charge in [0.05, 0.1) is 0 Å². The van der Waals surface area contributed by atoms with Crippen LogP contribution < -0.4 is 0 Å². The van der Waals surface area contributed by atoms with Crippen molar-refractivity contribution in [3.05, 3.63) is 30.6 Å². The van der Waals surface area contributed by atoms with Crippen molar-refractivity contribution in [2.24, 2.45) is 0 Å². The molecule has 1 aromatic heterocycles. The van der Waals surface area contributed by atoms with E-state index in [1.54, 1.807) is 12.4 Å². The number of pyridine rings is 1. The van der Waals surface area contributed by atoms with E-state index in [0.717, 1.165) is 0 Å². The number of nitrogens with zero attached hydrogens (tertiary/aromatic N) is 1. The van der Waals surface area contributed by atoms with Gasteiger partial charge in [-0.05, 0) is 12.1 Å².